The number of furan rings is 1. The molecule has 2 heterocycles. The quantitative estimate of drug-likeness (QED) is 0.824. The van der Waals surface area contributed by atoms with E-state index in [9.17, 15) is 4.79 Å². The SMILES string of the molecule is CNC(=O)C1CNCCN1C1CCCc2occc21. The molecule has 5 nitrogen and oxygen atoms in total. The van der Waals surface area contributed by atoms with E-state index in [0.717, 1.165) is 44.7 Å². The normalized spacial score (nSPS) is 27.8. The highest BCUT2D eigenvalue weighted by Crippen LogP contribution is 2.36. The van der Waals surface area contributed by atoms with E-state index < -0.39 is 0 Å². The second kappa shape index (κ2) is 5.35. The Hall–Kier alpha value is -1.33. The molecule has 5 heteroatoms. The predicted octanol–water partition coefficient (Wildman–Crippen LogP) is 0.677. The number of fused-ring (bicyclic) bond motifs is 1. The van der Waals surface area contributed by atoms with Gasteiger partial charge in [0.2, 0.25) is 5.91 Å². The molecule has 19 heavy (non-hydrogen) atoms. The van der Waals surface area contributed by atoms with E-state index >= 15 is 0 Å². The molecular formula is C14H21N3O2. The number of nitrogens with one attached hydrogen (secondary N) is 2. The number of carbonyl (C=O) groups excluding carboxylic acids is 1. The van der Waals surface area contributed by atoms with Crippen LogP contribution in [0.15, 0.2) is 16.7 Å². The van der Waals surface area contributed by atoms with Crippen LogP contribution in [0.2, 0.25) is 0 Å². The summed E-state index contributed by atoms with van der Waals surface area (Å²) in [6, 6.07) is 2.32. The van der Waals surface area contributed by atoms with Crippen LogP contribution in [0, 0.1) is 0 Å². The van der Waals surface area contributed by atoms with Crippen LogP contribution in [0.1, 0.15) is 30.2 Å². The van der Waals surface area contributed by atoms with Gasteiger partial charge in [0.05, 0.1) is 6.26 Å². The summed E-state index contributed by atoms with van der Waals surface area (Å²) in [4.78, 5) is 14.4. The zero-order valence-corrected chi connectivity index (χ0v) is 11.3. The van der Waals surface area contributed by atoms with Gasteiger partial charge in [-0.15, -0.1) is 0 Å². The van der Waals surface area contributed by atoms with Gasteiger partial charge in [-0.2, -0.15) is 0 Å². The number of nitrogens with zero attached hydrogens (tertiary/aromatic N) is 1. The molecule has 1 aliphatic heterocycles. The number of aryl methyl sites for hydroxylation is 1. The van der Waals surface area contributed by atoms with Crippen molar-refractivity contribution < 1.29 is 9.21 Å². The van der Waals surface area contributed by atoms with Crippen LogP contribution in [-0.4, -0.2) is 43.5 Å². The Bertz CT molecular complexity index is 457. The van der Waals surface area contributed by atoms with Gasteiger partial charge in [-0.25, -0.2) is 0 Å². The molecule has 2 unspecified atom stereocenters. The zero-order valence-electron chi connectivity index (χ0n) is 11.3. The highest BCUT2D eigenvalue weighted by molar-refractivity contribution is 5.82. The lowest BCUT2D eigenvalue weighted by atomic mass is 9.90. The maximum Gasteiger partial charge on any atom is 0.238 e. The number of hydrogen-bond acceptors (Lipinski definition) is 4. The Labute approximate surface area is 113 Å². The second-order valence-corrected chi connectivity index (χ2v) is 5.28. The standard InChI is InChI=1S/C14H21N3O2/c1-15-14(18)12-9-16-6-7-17(12)11-3-2-4-13-10(11)5-8-19-13/h5,8,11-12,16H,2-4,6-7,9H2,1H3,(H,15,18). The number of hydrogen-bond donors (Lipinski definition) is 2. The molecule has 1 aliphatic carbocycles. The Morgan fingerprint density at radius 1 is 1.58 bits per heavy atom. The fourth-order valence-electron chi connectivity index (χ4n) is 3.31. The summed E-state index contributed by atoms with van der Waals surface area (Å²) >= 11 is 0. The lowest BCUT2D eigenvalue weighted by Crippen LogP contribution is -2.58. The van der Waals surface area contributed by atoms with Crippen molar-refractivity contribution in [1.29, 1.82) is 0 Å². The number of carbonyl (C=O) groups is 1. The average molecular weight is 263 g/mol. The lowest BCUT2D eigenvalue weighted by Gasteiger charge is -2.41. The topological polar surface area (TPSA) is 57.5 Å². The smallest absolute Gasteiger partial charge is 0.238 e. The highest BCUT2D eigenvalue weighted by Gasteiger charge is 2.36. The number of piperazine rings is 1. The molecule has 0 saturated carbocycles. The zero-order chi connectivity index (χ0) is 13.2. The second-order valence-electron chi connectivity index (χ2n) is 5.28. The average Bonchev–Trinajstić information content (AvgIpc) is 2.94. The van der Waals surface area contributed by atoms with E-state index in [0.29, 0.717) is 6.04 Å². The van der Waals surface area contributed by atoms with Gasteiger partial charge in [-0.05, 0) is 18.9 Å². The number of rotatable bonds is 2. The Morgan fingerprint density at radius 3 is 3.32 bits per heavy atom. The summed E-state index contributed by atoms with van der Waals surface area (Å²) < 4.78 is 5.56. The third-order valence-corrected chi connectivity index (χ3v) is 4.25. The summed E-state index contributed by atoms with van der Waals surface area (Å²) in [6.45, 7) is 2.58. The van der Waals surface area contributed by atoms with Gasteiger partial charge in [0.15, 0.2) is 0 Å². The molecule has 1 amide bonds. The van der Waals surface area contributed by atoms with Gasteiger partial charge < -0.3 is 15.1 Å². The fraction of sp³-hybridized carbons (Fsp3) is 0.643. The maximum absolute atomic E-state index is 12.1. The van der Waals surface area contributed by atoms with Crippen molar-refractivity contribution >= 4 is 5.91 Å². The third kappa shape index (κ3) is 2.28. The van der Waals surface area contributed by atoms with Crippen LogP contribution in [0.4, 0.5) is 0 Å². The lowest BCUT2D eigenvalue weighted by molar-refractivity contribution is -0.127. The molecule has 0 bridgehead atoms. The molecule has 2 aliphatic rings. The molecule has 104 valence electrons. The van der Waals surface area contributed by atoms with Crippen molar-refractivity contribution in [1.82, 2.24) is 15.5 Å². The van der Waals surface area contributed by atoms with Crippen LogP contribution >= 0.6 is 0 Å². The summed E-state index contributed by atoms with van der Waals surface area (Å²) in [5.74, 6) is 1.20. The number of likely N-dealkylation sites (N-methyl/N-ethyl adjacent to an activating group) is 1. The van der Waals surface area contributed by atoms with Gasteiger partial charge in [0.1, 0.15) is 11.8 Å². The van der Waals surface area contributed by atoms with E-state index in [-0.39, 0.29) is 11.9 Å². The van der Waals surface area contributed by atoms with E-state index in [4.69, 9.17) is 4.42 Å². The van der Waals surface area contributed by atoms with Crippen LogP contribution in [0.3, 0.4) is 0 Å². The minimum atomic E-state index is -0.0791. The highest BCUT2D eigenvalue weighted by atomic mass is 16.3. The maximum atomic E-state index is 12.1. The molecule has 2 N–H and O–H groups in total. The minimum Gasteiger partial charge on any atom is -0.469 e. The van der Waals surface area contributed by atoms with Crippen molar-refractivity contribution in [3.8, 4) is 0 Å². The Morgan fingerprint density at radius 2 is 2.47 bits per heavy atom. The Kier molecular flexibility index (Phi) is 3.57. The van der Waals surface area contributed by atoms with Gasteiger partial charge in [0.25, 0.3) is 0 Å². The van der Waals surface area contributed by atoms with Gasteiger partial charge in [-0.3, -0.25) is 9.69 Å². The summed E-state index contributed by atoms with van der Waals surface area (Å²) in [7, 11) is 1.71. The van der Waals surface area contributed by atoms with Crippen molar-refractivity contribution in [3.05, 3.63) is 23.7 Å². The van der Waals surface area contributed by atoms with E-state index in [1.54, 1.807) is 13.3 Å². The molecule has 1 aromatic heterocycles. The predicted molar refractivity (Wildman–Crippen MR) is 71.8 cm³/mol. The van der Waals surface area contributed by atoms with E-state index in [1.165, 1.54) is 5.56 Å². The fourth-order valence-corrected chi connectivity index (χ4v) is 3.31. The Balaban J connectivity index is 1.86. The van der Waals surface area contributed by atoms with Gasteiger partial charge in [0, 0.05) is 44.7 Å². The molecule has 0 aromatic carbocycles. The summed E-state index contributed by atoms with van der Waals surface area (Å²) in [5, 5.41) is 6.09. The van der Waals surface area contributed by atoms with Crippen molar-refractivity contribution in [2.75, 3.05) is 26.7 Å². The molecular weight excluding hydrogens is 242 g/mol. The summed E-state index contributed by atoms with van der Waals surface area (Å²) in [5.41, 5.74) is 1.28. The third-order valence-electron chi connectivity index (χ3n) is 4.25. The first-order chi connectivity index (χ1) is 9.31. The molecule has 2 atom stereocenters. The van der Waals surface area contributed by atoms with Crippen molar-refractivity contribution in [3.63, 3.8) is 0 Å². The molecule has 0 radical (unpaired) electrons. The van der Waals surface area contributed by atoms with E-state index in [2.05, 4.69) is 21.6 Å². The minimum absolute atomic E-state index is 0.0791. The van der Waals surface area contributed by atoms with Crippen LogP contribution in [0.25, 0.3) is 0 Å². The molecule has 0 spiro atoms. The monoisotopic (exact) mass is 263 g/mol. The first-order valence-corrected chi connectivity index (χ1v) is 7.05. The summed E-state index contributed by atoms with van der Waals surface area (Å²) in [6.07, 6.45) is 5.05. The van der Waals surface area contributed by atoms with Crippen molar-refractivity contribution in [2.24, 2.45) is 0 Å². The van der Waals surface area contributed by atoms with Gasteiger partial charge >= 0.3 is 0 Å². The van der Waals surface area contributed by atoms with Crippen molar-refractivity contribution in [2.45, 2.75) is 31.3 Å². The number of amides is 1. The van der Waals surface area contributed by atoms with Gasteiger partial charge in [-0.1, -0.05) is 0 Å². The van der Waals surface area contributed by atoms with Crippen LogP contribution in [0.5, 0.6) is 0 Å². The molecule has 1 aromatic rings. The molecule has 3 rings (SSSR count). The van der Waals surface area contributed by atoms with Crippen LogP contribution in [-0.2, 0) is 11.2 Å². The first kappa shape index (κ1) is 12.7. The van der Waals surface area contributed by atoms with Crippen LogP contribution < -0.4 is 10.6 Å². The largest absolute Gasteiger partial charge is 0.469 e. The molecule has 1 fully saturated rings. The van der Waals surface area contributed by atoms with E-state index in [1.807, 2.05) is 0 Å². The first-order valence-electron chi connectivity index (χ1n) is 7.05. The molecule has 1 saturated heterocycles.